The van der Waals surface area contributed by atoms with Crippen LogP contribution in [0.25, 0.3) is 10.9 Å². The highest BCUT2D eigenvalue weighted by Crippen LogP contribution is 2.26. The molecule has 6 heteroatoms. The fraction of sp³-hybridized carbons (Fsp3) is 0.385. The Morgan fingerprint density at radius 3 is 2.68 bits per heavy atom. The predicted octanol–water partition coefficient (Wildman–Crippen LogP) is 1.45. The number of aryl methyl sites for hydroxylation is 1. The standard InChI is InChI=1S/C13H18N2O3S/c1-14-10-13(11-6-4-5-7-12(11)14)19(16,17)15(2)8-9-18-3/h4-7,10H,8-9H2,1-3H3. The van der Waals surface area contributed by atoms with Crippen molar-refractivity contribution in [3.63, 3.8) is 0 Å². The molecule has 0 spiro atoms. The summed E-state index contributed by atoms with van der Waals surface area (Å²) >= 11 is 0. The van der Waals surface area contributed by atoms with Gasteiger partial charge in [0.1, 0.15) is 4.90 Å². The van der Waals surface area contributed by atoms with Crippen molar-refractivity contribution in [3.8, 4) is 0 Å². The summed E-state index contributed by atoms with van der Waals surface area (Å²) in [4.78, 5) is 0.337. The summed E-state index contributed by atoms with van der Waals surface area (Å²) in [5.41, 5.74) is 0.904. The lowest BCUT2D eigenvalue weighted by atomic mass is 10.2. The molecule has 0 aliphatic rings. The molecular formula is C13H18N2O3S. The van der Waals surface area contributed by atoms with Gasteiger partial charge in [-0.1, -0.05) is 18.2 Å². The minimum Gasteiger partial charge on any atom is -0.383 e. The van der Waals surface area contributed by atoms with Gasteiger partial charge in [0.05, 0.1) is 6.61 Å². The summed E-state index contributed by atoms with van der Waals surface area (Å²) in [5.74, 6) is 0. The fourth-order valence-electron chi connectivity index (χ4n) is 2.02. The predicted molar refractivity (Wildman–Crippen MR) is 74.6 cm³/mol. The van der Waals surface area contributed by atoms with Crippen LogP contribution < -0.4 is 0 Å². The average molecular weight is 282 g/mol. The fourth-order valence-corrected chi connectivity index (χ4v) is 3.41. The van der Waals surface area contributed by atoms with Gasteiger partial charge in [0.2, 0.25) is 10.0 Å². The molecule has 19 heavy (non-hydrogen) atoms. The highest BCUT2D eigenvalue weighted by Gasteiger charge is 2.24. The molecule has 0 atom stereocenters. The number of hydrogen-bond donors (Lipinski definition) is 0. The zero-order chi connectivity index (χ0) is 14.0. The second-order valence-corrected chi connectivity index (χ2v) is 6.45. The summed E-state index contributed by atoms with van der Waals surface area (Å²) in [6.07, 6.45) is 1.66. The maximum atomic E-state index is 12.5. The Kier molecular flexibility index (Phi) is 3.93. The van der Waals surface area contributed by atoms with E-state index < -0.39 is 10.0 Å². The highest BCUT2D eigenvalue weighted by molar-refractivity contribution is 7.89. The Labute approximate surface area is 113 Å². The van der Waals surface area contributed by atoms with Crippen molar-refractivity contribution in [2.45, 2.75) is 4.90 Å². The van der Waals surface area contributed by atoms with E-state index in [0.29, 0.717) is 18.0 Å². The Morgan fingerprint density at radius 2 is 2.00 bits per heavy atom. The van der Waals surface area contributed by atoms with E-state index in [1.54, 1.807) is 20.4 Å². The molecule has 0 radical (unpaired) electrons. The van der Waals surface area contributed by atoms with E-state index in [1.807, 2.05) is 35.9 Å². The molecule has 0 fully saturated rings. The Bertz CT molecular complexity index is 676. The molecule has 2 aromatic rings. The normalized spacial score (nSPS) is 12.4. The van der Waals surface area contributed by atoms with Crippen molar-refractivity contribution in [3.05, 3.63) is 30.5 Å². The minimum absolute atomic E-state index is 0.335. The minimum atomic E-state index is -3.48. The molecule has 0 saturated heterocycles. The number of rotatable bonds is 5. The lowest BCUT2D eigenvalue weighted by Gasteiger charge is -2.15. The van der Waals surface area contributed by atoms with Crippen LogP contribution >= 0.6 is 0 Å². The molecule has 0 aliphatic carbocycles. The van der Waals surface area contributed by atoms with E-state index in [9.17, 15) is 8.42 Å². The number of nitrogens with zero attached hydrogens (tertiary/aromatic N) is 2. The van der Waals surface area contributed by atoms with Crippen LogP contribution in [0.15, 0.2) is 35.4 Å². The molecule has 0 bridgehead atoms. The Balaban J connectivity index is 2.49. The molecular weight excluding hydrogens is 264 g/mol. The lowest BCUT2D eigenvalue weighted by molar-refractivity contribution is 0.185. The molecule has 1 aromatic heterocycles. The van der Waals surface area contributed by atoms with Crippen LogP contribution in [-0.4, -0.2) is 44.6 Å². The van der Waals surface area contributed by atoms with Gasteiger partial charge >= 0.3 is 0 Å². The maximum absolute atomic E-state index is 12.5. The number of para-hydroxylation sites is 1. The zero-order valence-electron chi connectivity index (χ0n) is 11.3. The van der Waals surface area contributed by atoms with Crippen LogP contribution in [0.5, 0.6) is 0 Å². The third-order valence-corrected chi connectivity index (χ3v) is 5.04. The highest BCUT2D eigenvalue weighted by atomic mass is 32.2. The third kappa shape index (κ3) is 2.51. The smallest absolute Gasteiger partial charge is 0.245 e. The van der Waals surface area contributed by atoms with Gasteiger partial charge < -0.3 is 9.30 Å². The summed E-state index contributed by atoms with van der Waals surface area (Å²) in [6, 6.07) is 7.47. The molecule has 0 aliphatic heterocycles. The number of likely N-dealkylation sites (N-methyl/N-ethyl adjacent to an activating group) is 1. The molecule has 5 nitrogen and oxygen atoms in total. The number of aromatic nitrogens is 1. The monoisotopic (exact) mass is 282 g/mol. The van der Waals surface area contributed by atoms with Crippen LogP contribution in [0.4, 0.5) is 0 Å². The molecule has 0 saturated carbocycles. The molecule has 1 heterocycles. The second kappa shape index (κ2) is 5.32. The van der Waals surface area contributed by atoms with E-state index >= 15 is 0 Å². The van der Waals surface area contributed by atoms with Gasteiger partial charge in [-0.05, 0) is 6.07 Å². The SMILES string of the molecule is COCCN(C)S(=O)(=O)c1cn(C)c2ccccc12. The quantitative estimate of drug-likeness (QED) is 0.834. The van der Waals surface area contributed by atoms with E-state index in [0.717, 1.165) is 10.9 Å². The number of fused-ring (bicyclic) bond motifs is 1. The van der Waals surface area contributed by atoms with Crippen molar-refractivity contribution in [1.82, 2.24) is 8.87 Å². The number of ether oxygens (including phenoxy) is 1. The Morgan fingerprint density at radius 1 is 1.32 bits per heavy atom. The van der Waals surface area contributed by atoms with Crippen molar-refractivity contribution in [1.29, 1.82) is 0 Å². The summed E-state index contributed by atoms with van der Waals surface area (Å²) in [7, 11) is 1.48. The Hall–Kier alpha value is -1.37. The van der Waals surface area contributed by atoms with Gasteiger partial charge in [-0.15, -0.1) is 0 Å². The summed E-state index contributed by atoms with van der Waals surface area (Å²) < 4.78 is 33.1. The van der Waals surface area contributed by atoms with Gasteiger partial charge in [0.25, 0.3) is 0 Å². The van der Waals surface area contributed by atoms with E-state index in [-0.39, 0.29) is 0 Å². The third-order valence-electron chi connectivity index (χ3n) is 3.16. The van der Waals surface area contributed by atoms with Crippen molar-refractivity contribution in [2.24, 2.45) is 7.05 Å². The van der Waals surface area contributed by atoms with Crippen molar-refractivity contribution in [2.75, 3.05) is 27.3 Å². The van der Waals surface area contributed by atoms with Gasteiger partial charge in [-0.3, -0.25) is 0 Å². The number of hydrogen-bond acceptors (Lipinski definition) is 3. The van der Waals surface area contributed by atoms with Crippen molar-refractivity contribution >= 4 is 20.9 Å². The lowest BCUT2D eigenvalue weighted by Crippen LogP contribution is -2.30. The maximum Gasteiger partial charge on any atom is 0.245 e. The van der Waals surface area contributed by atoms with Crippen LogP contribution in [0, 0.1) is 0 Å². The average Bonchev–Trinajstić information content (AvgIpc) is 2.74. The summed E-state index contributed by atoms with van der Waals surface area (Å²) in [5, 5.41) is 0.745. The van der Waals surface area contributed by atoms with E-state index in [1.165, 1.54) is 4.31 Å². The first-order valence-electron chi connectivity index (χ1n) is 5.98. The van der Waals surface area contributed by atoms with Crippen LogP contribution in [-0.2, 0) is 21.8 Å². The van der Waals surface area contributed by atoms with Crippen molar-refractivity contribution < 1.29 is 13.2 Å². The largest absolute Gasteiger partial charge is 0.383 e. The van der Waals surface area contributed by atoms with Gasteiger partial charge in [-0.25, -0.2) is 8.42 Å². The van der Waals surface area contributed by atoms with E-state index in [4.69, 9.17) is 4.74 Å². The molecule has 0 unspecified atom stereocenters. The molecule has 1 aromatic carbocycles. The first-order valence-corrected chi connectivity index (χ1v) is 7.42. The topological polar surface area (TPSA) is 51.5 Å². The van der Waals surface area contributed by atoms with Gasteiger partial charge in [0.15, 0.2) is 0 Å². The zero-order valence-corrected chi connectivity index (χ0v) is 12.1. The molecule has 2 rings (SSSR count). The molecule has 104 valence electrons. The van der Waals surface area contributed by atoms with Crippen LogP contribution in [0.2, 0.25) is 0 Å². The summed E-state index contributed by atoms with van der Waals surface area (Å²) in [6.45, 7) is 0.711. The van der Waals surface area contributed by atoms with Crippen LogP contribution in [0.3, 0.4) is 0 Å². The number of methoxy groups -OCH3 is 1. The van der Waals surface area contributed by atoms with Gasteiger partial charge in [-0.2, -0.15) is 4.31 Å². The first kappa shape index (κ1) is 14.0. The van der Waals surface area contributed by atoms with E-state index in [2.05, 4.69) is 0 Å². The second-order valence-electron chi connectivity index (χ2n) is 4.44. The molecule has 0 N–H and O–H groups in total. The van der Waals surface area contributed by atoms with Crippen LogP contribution in [0.1, 0.15) is 0 Å². The number of benzene rings is 1. The van der Waals surface area contributed by atoms with Gasteiger partial charge in [0, 0.05) is 44.8 Å². The first-order chi connectivity index (χ1) is 8.98. The number of sulfonamides is 1. The molecule has 0 amide bonds.